The summed E-state index contributed by atoms with van der Waals surface area (Å²) in [5.74, 6) is 1.44. The van der Waals surface area contributed by atoms with Gasteiger partial charge < -0.3 is 9.64 Å². The van der Waals surface area contributed by atoms with Crippen molar-refractivity contribution in [3.05, 3.63) is 42.5 Å². The van der Waals surface area contributed by atoms with Gasteiger partial charge in [-0.05, 0) is 24.1 Å². The molecular formula is C13H16N4O. The lowest BCUT2D eigenvalue weighted by Gasteiger charge is -2.18. The molecule has 0 amide bonds. The summed E-state index contributed by atoms with van der Waals surface area (Å²) in [5.41, 5.74) is 1.26. The van der Waals surface area contributed by atoms with E-state index < -0.39 is 0 Å². The van der Waals surface area contributed by atoms with Crippen LogP contribution in [0.1, 0.15) is 5.56 Å². The van der Waals surface area contributed by atoms with Crippen molar-refractivity contribution in [3.8, 4) is 5.88 Å². The van der Waals surface area contributed by atoms with Gasteiger partial charge in [-0.25, -0.2) is 9.97 Å². The number of anilines is 1. The number of likely N-dealkylation sites (N-methyl/N-ethyl adjacent to an activating group) is 1. The molecule has 5 heteroatoms. The summed E-state index contributed by atoms with van der Waals surface area (Å²) < 4.78 is 5.08. The van der Waals surface area contributed by atoms with Crippen molar-refractivity contribution in [2.24, 2.45) is 0 Å². The minimum Gasteiger partial charge on any atom is -0.481 e. The molecule has 0 saturated heterocycles. The Labute approximate surface area is 106 Å². The van der Waals surface area contributed by atoms with Crippen molar-refractivity contribution in [2.45, 2.75) is 6.42 Å². The second-order valence-corrected chi connectivity index (χ2v) is 3.95. The van der Waals surface area contributed by atoms with E-state index >= 15 is 0 Å². The van der Waals surface area contributed by atoms with Crippen molar-refractivity contribution >= 4 is 5.82 Å². The highest BCUT2D eigenvalue weighted by Crippen LogP contribution is 2.14. The summed E-state index contributed by atoms with van der Waals surface area (Å²) in [6.45, 7) is 0.879. The molecule has 0 aromatic carbocycles. The van der Waals surface area contributed by atoms with Crippen molar-refractivity contribution in [1.29, 1.82) is 0 Å². The van der Waals surface area contributed by atoms with Crippen molar-refractivity contribution in [2.75, 3.05) is 25.6 Å². The second-order valence-electron chi connectivity index (χ2n) is 3.95. The van der Waals surface area contributed by atoms with E-state index in [4.69, 9.17) is 4.74 Å². The number of aromatic nitrogens is 3. The molecule has 0 aliphatic carbocycles. The maximum atomic E-state index is 5.08. The van der Waals surface area contributed by atoms with E-state index in [1.165, 1.54) is 11.9 Å². The Morgan fingerprint density at radius 2 is 2.00 bits per heavy atom. The summed E-state index contributed by atoms with van der Waals surface area (Å²) in [5, 5.41) is 0. The third kappa shape index (κ3) is 3.16. The lowest BCUT2D eigenvalue weighted by Crippen LogP contribution is -2.21. The van der Waals surface area contributed by atoms with E-state index in [2.05, 4.69) is 19.9 Å². The molecule has 0 bridgehead atoms. The summed E-state index contributed by atoms with van der Waals surface area (Å²) in [4.78, 5) is 14.3. The topological polar surface area (TPSA) is 51.1 Å². The van der Waals surface area contributed by atoms with Crippen molar-refractivity contribution < 1.29 is 4.74 Å². The minimum absolute atomic E-state index is 0.579. The standard InChI is InChI=1S/C13H16N4O/c1-17(8-5-11-3-6-14-7-4-11)12-9-13(18-2)16-10-15-12/h3-4,6-7,9-10H,5,8H2,1-2H3. The molecule has 0 saturated carbocycles. The Hall–Kier alpha value is -2.17. The van der Waals surface area contributed by atoms with Gasteiger partial charge in [0.2, 0.25) is 5.88 Å². The molecule has 0 atom stereocenters. The molecule has 2 aromatic rings. The van der Waals surface area contributed by atoms with Crippen LogP contribution in [0.3, 0.4) is 0 Å². The van der Waals surface area contributed by atoms with E-state index in [0.717, 1.165) is 18.8 Å². The number of hydrogen-bond acceptors (Lipinski definition) is 5. The van der Waals surface area contributed by atoms with Crippen LogP contribution in [0.25, 0.3) is 0 Å². The van der Waals surface area contributed by atoms with Crippen LogP contribution in [0.5, 0.6) is 5.88 Å². The molecule has 94 valence electrons. The molecule has 18 heavy (non-hydrogen) atoms. The average Bonchev–Trinajstić information content (AvgIpc) is 2.46. The highest BCUT2D eigenvalue weighted by atomic mass is 16.5. The van der Waals surface area contributed by atoms with Gasteiger partial charge in [0, 0.05) is 32.1 Å². The highest BCUT2D eigenvalue weighted by Gasteiger charge is 2.04. The fourth-order valence-corrected chi connectivity index (χ4v) is 1.61. The average molecular weight is 244 g/mol. The number of rotatable bonds is 5. The molecule has 0 radical (unpaired) electrons. The number of ether oxygens (including phenoxy) is 1. The van der Waals surface area contributed by atoms with Crippen molar-refractivity contribution in [1.82, 2.24) is 15.0 Å². The van der Waals surface area contributed by atoms with Gasteiger partial charge in [0.1, 0.15) is 12.1 Å². The van der Waals surface area contributed by atoms with Crippen LogP contribution in [0, 0.1) is 0 Å². The van der Waals surface area contributed by atoms with E-state index in [9.17, 15) is 0 Å². The van der Waals surface area contributed by atoms with Gasteiger partial charge in [-0.3, -0.25) is 4.98 Å². The fraction of sp³-hybridized carbons (Fsp3) is 0.308. The van der Waals surface area contributed by atoms with Crippen LogP contribution in [-0.2, 0) is 6.42 Å². The molecule has 0 N–H and O–H groups in total. The number of hydrogen-bond donors (Lipinski definition) is 0. The van der Waals surface area contributed by atoms with E-state index in [-0.39, 0.29) is 0 Å². The number of nitrogens with zero attached hydrogens (tertiary/aromatic N) is 4. The first kappa shape index (κ1) is 12.3. The van der Waals surface area contributed by atoms with Crippen LogP contribution in [0.2, 0.25) is 0 Å². The number of pyridine rings is 1. The first-order valence-corrected chi connectivity index (χ1v) is 5.75. The fourth-order valence-electron chi connectivity index (χ4n) is 1.61. The molecular weight excluding hydrogens is 228 g/mol. The van der Waals surface area contributed by atoms with Gasteiger partial charge in [-0.2, -0.15) is 0 Å². The Balaban J connectivity index is 1.97. The van der Waals surface area contributed by atoms with Gasteiger partial charge in [0.25, 0.3) is 0 Å². The molecule has 0 spiro atoms. The smallest absolute Gasteiger partial charge is 0.218 e. The SMILES string of the molecule is COc1cc(N(C)CCc2ccncc2)ncn1. The lowest BCUT2D eigenvalue weighted by atomic mass is 10.2. The maximum Gasteiger partial charge on any atom is 0.218 e. The van der Waals surface area contributed by atoms with E-state index in [0.29, 0.717) is 5.88 Å². The van der Waals surface area contributed by atoms with E-state index in [1.807, 2.05) is 37.6 Å². The zero-order valence-corrected chi connectivity index (χ0v) is 10.6. The van der Waals surface area contributed by atoms with Gasteiger partial charge in [-0.15, -0.1) is 0 Å². The summed E-state index contributed by atoms with van der Waals surface area (Å²) in [7, 11) is 3.60. The van der Waals surface area contributed by atoms with Gasteiger partial charge in [0.15, 0.2) is 0 Å². The van der Waals surface area contributed by atoms with Crippen LogP contribution in [-0.4, -0.2) is 35.7 Å². The monoisotopic (exact) mass is 244 g/mol. The Bertz CT molecular complexity index is 489. The zero-order valence-electron chi connectivity index (χ0n) is 10.6. The first-order chi connectivity index (χ1) is 8.79. The number of methoxy groups -OCH3 is 1. The summed E-state index contributed by atoms with van der Waals surface area (Å²) in [6.07, 6.45) is 6.08. The summed E-state index contributed by atoms with van der Waals surface area (Å²) in [6, 6.07) is 5.87. The first-order valence-electron chi connectivity index (χ1n) is 5.75. The molecule has 2 heterocycles. The van der Waals surface area contributed by atoms with Gasteiger partial charge in [-0.1, -0.05) is 0 Å². The third-order valence-corrected chi connectivity index (χ3v) is 2.71. The van der Waals surface area contributed by atoms with E-state index in [1.54, 1.807) is 7.11 Å². The molecule has 5 nitrogen and oxygen atoms in total. The Morgan fingerprint density at radius 1 is 1.22 bits per heavy atom. The maximum absolute atomic E-state index is 5.08. The quantitative estimate of drug-likeness (QED) is 0.799. The summed E-state index contributed by atoms with van der Waals surface area (Å²) >= 11 is 0. The lowest BCUT2D eigenvalue weighted by molar-refractivity contribution is 0.397. The highest BCUT2D eigenvalue weighted by molar-refractivity contribution is 5.39. The van der Waals surface area contributed by atoms with Crippen LogP contribution in [0.15, 0.2) is 36.9 Å². The van der Waals surface area contributed by atoms with Crippen LogP contribution >= 0.6 is 0 Å². The van der Waals surface area contributed by atoms with Crippen LogP contribution in [0.4, 0.5) is 5.82 Å². The second kappa shape index (κ2) is 5.95. The molecule has 0 aliphatic rings. The molecule has 0 fully saturated rings. The minimum atomic E-state index is 0.579. The van der Waals surface area contributed by atoms with Crippen molar-refractivity contribution in [3.63, 3.8) is 0 Å². The predicted molar refractivity (Wildman–Crippen MR) is 69.8 cm³/mol. The molecule has 2 rings (SSSR count). The third-order valence-electron chi connectivity index (χ3n) is 2.71. The van der Waals surface area contributed by atoms with Crippen LogP contribution < -0.4 is 9.64 Å². The Morgan fingerprint density at radius 3 is 2.72 bits per heavy atom. The van der Waals surface area contributed by atoms with Gasteiger partial charge >= 0.3 is 0 Å². The van der Waals surface area contributed by atoms with Gasteiger partial charge in [0.05, 0.1) is 7.11 Å². The Kier molecular flexibility index (Phi) is 4.06. The molecule has 0 aliphatic heterocycles. The molecule has 2 aromatic heterocycles. The zero-order chi connectivity index (χ0) is 12.8. The normalized spacial score (nSPS) is 10.1. The largest absolute Gasteiger partial charge is 0.481 e. The predicted octanol–water partition coefficient (Wildman–Crippen LogP) is 1.56. The molecule has 0 unspecified atom stereocenters.